The van der Waals surface area contributed by atoms with Gasteiger partial charge in [-0.05, 0) is 0 Å². The van der Waals surface area contributed by atoms with E-state index in [1.165, 1.54) is 0 Å². The van der Waals surface area contributed by atoms with E-state index in [1.807, 2.05) is 0 Å². The van der Waals surface area contributed by atoms with Crippen molar-refractivity contribution in [2.45, 2.75) is 9.77 Å². The molecule has 0 aromatic heterocycles. The molecule has 1 atom stereocenters. The van der Waals surface area contributed by atoms with Crippen LogP contribution in [0, 0.1) is 0 Å². The third-order valence-electron chi connectivity index (χ3n) is 0.649. The third-order valence-corrected chi connectivity index (χ3v) is 1.95. The Balaban J connectivity index is 0. The van der Waals surface area contributed by atoms with E-state index in [4.69, 9.17) is 31.1 Å². The number of aliphatic hydroxyl groups is 1. The van der Waals surface area contributed by atoms with Gasteiger partial charge in [0.25, 0.3) is 0 Å². The molecule has 4 nitrogen and oxygen atoms in total. The van der Waals surface area contributed by atoms with Gasteiger partial charge in [0.2, 0.25) is 0 Å². The van der Waals surface area contributed by atoms with Gasteiger partial charge in [-0.25, -0.2) is 0 Å². The van der Waals surface area contributed by atoms with Crippen molar-refractivity contribution in [1.29, 1.82) is 0 Å². The standard InChI is InChI=1S/C3H6ClO.Na.H3O3P/c1-3(5)2-4;;1-4(2)3/h3,5H,1-2H2;;4H,(H2,1,2,3). The second-order valence-corrected chi connectivity index (χ2v) is 3.19. The Labute approximate surface area is 82.6 Å². The van der Waals surface area contributed by atoms with E-state index in [1.54, 1.807) is 0 Å². The Kier molecular flexibility index (Phi) is 14.5. The zero-order valence-corrected chi connectivity index (χ0v) is 9.38. The molecule has 1 unspecified atom stereocenters. The second-order valence-electron chi connectivity index (χ2n) is 1.50. The van der Waals surface area contributed by atoms with Crippen LogP contribution in [0.3, 0.4) is 0 Å². The van der Waals surface area contributed by atoms with Crippen molar-refractivity contribution >= 4 is 47.8 Å². The number of halogens is 1. The molecular weight excluding hydrogens is 189 g/mol. The molecule has 7 heteroatoms. The Morgan fingerprint density at radius 1 is 1.60 bits per heavy atom. The SMILES string of the molecule is O=[PH](O)O.OC([CH2][Na])CCl. The first-order chi connectivity index (χ1) is 4.54. The van der Waals surface area contributed by atoms with Crippen LogP contribution in [0.25, 0.3) is 0 Å². The van der Waals surface area contributed by atoms with Gasteiger partial charge in [0, 0.05) is 0 Å². The second kappa shape index (κ2) is 10.4. The predicted octanol–water partition coefficient (Wildman–Crippen LogP) is -0.466. The summed E-state index contributed by atoms with van der Waals surface area (Å²) in [5, 5.41) is 8.57. The minimum absolute atomic E-state index is 0.238. The fourth-order valence-electron chi connectivity index (χ4n) is 0.109. The number of alkyl halides is 1. The van der Waals surface area contributed by atoms with Gasteiger partial charge in [0.15, 0.2) is 0 Å². The zero-order chi connectivity index (χ0) is 8.57. The van der Waals surface area contributed by atoms with Crippen molar-refractivity contribution in [2.24, 2.45) is 0 Å². The molecule has 0 saturated heterocycles. The van der Waals surface area contributed by atoms with Crippen molar-refractivity contribution in [3.05, 3.63) is 0 Å². The molecule has 0 rings (SSSR count). The molecular formula is C3H9ClNaO4P. The fourth-order valence-corrected chi connectivity index (χ4v) is 0.982. The topological polar surface area (TPSA) is 77.8 Å². The van der Waals surface area contributed by atoms with E-state index >= 15 is 0 Å². The monoisotopic (exact) mass is 198 g/mol. The van der Waals surface area contributed by atoms with Crippen LogP contribution in [0.15, 0.2) is 0 Å². The van der Waals surface area contributed by atoms with Crippen LogP contribution in [0.5, 0.6) is 0 Å². The maximum absolute atomic E-state index is 8.74. The van der Waals surface area contributed by atoms with Crippen LogP contribution in [0.2, 0.25) is 3.67 Å². The molecule has 0 aromatic carbocycles. The molecule has 0 aliphatic heterocycles. The van der Waals surface area contributed by atoms with Crippen LogP contribution in [0.4, 0.5) is 0 Å². The molecule has 0 spiro atoms. The van der Waals surface area contributed by atoms with Gasteiger partial charge in [0.1, 0.15) is 0 Å². The number of aliphatic hydroxyl groups excluding tert-OH is 1. The number of hydrogen-bond acceptors (Lipinski definition) is 2. The summed E-state index contributed by atoms with van der Waals surface area (Å²) in [6.07, 6.45) is -0.238. The van der Waals surface area contributed by atoms with Crippen LogP contribution in [-0.4, -0.2) is 54.8 Å². The van der Waals surface area contributed by atoms with Crippen LogP contribution >= 0.6 is 19.9 Å². The molecule has 0 radical (unpaired) electrons. The van der Waals surface area contributed by atoms with Crippen LogP contribution in [-0.2, 0) is 4.57 Å². The van der Waals surface area contributed by atoms with E-state index in [0.29, 0.717) is 5.88 Å². The van der Waals surface area contributed by atoms with E-state index in [9.17, 15) is 0 Å². The molecule has 3 N–H and O–H groups in total. The molecule has 58 valence electrons. The Hall–Kier alpha value is 1.40. The quantitative estimate of drug-likeness (QED) is 0.319. The maximum atomic E-state index is 8.74. The average molecular weight is 199 g/mol. The summed E-state index contributed by atoms with van der Waals surface area (Å²) < 4.78 is 9.63. The molecule has 10 heavy (non-hydrogen) atoms. The zero-order valence-electron chi connectivity index (χ0n) is 5.62. The number of hydrogen-bond donors (Lipinski definition) is 3. The van der Waals surface area contributed by atoms with Gasteiger partial charge in [-0.15, -0.1) is 0 Å². The molecule has 0 saturated carbocycles. The summed E-state index contributed by atoms with van der Waals surface area (Å²) >= 11 is 6.27. The molecule has 0 fully saturated rings. The normalized spacial score (nSPS) is 12.3. The van der Waals surface area contributed by atoms with Gasteiger partial charge in [-0.2, -0.15) is 0 Å². The van der Waals surface area contributed by atoms with Crippen molar-refractivity contribution in [2.75, 3.05) is 5.88 Å². The molecule has 0 bridgehead atoms. The average Bonchev–Trinajstić information content (AvgIpc) is 1.85. The first-order valence-electron chi connectivity index (χ1n) is 2.70. The minimum atomic E-state index is -3.13. The molecule has 0 aliphatic carbocycles. The number of rotatable bonds is 2. The summed E-state index contributed by atoms with van der Waals surface area (Å²) in [6.45, 7) is 0. The van der Waals surface area contributed by atoms with Crippen molar-refractivity contribution in [1.82, 2.24) is 0 Å². The summed E-state index contributed by atoms with van der Waals surface area (Å²) in [6, 6.07) is 0. The van der Waals surface area contributed by atoms with E-state index in [2.05, 4.69) is 0 Å². The Morgan fingerprint density at radius 2 is 1.90 bits per heavy atom. The van der Waals surface area contributed by atoms with Gasteiger partial charge < -0.3 is 9.79 Å². The molecule has 0 aliphatic rings. The van der Waals surface area contributed by atoms with Crippen LogP contribution in [0.1, 0.15) is 0 Å². The van der Waals surface area contributed by atoms with Gasteiger partial charge in [-0.1, -0.05) is 0 Å². The van der Waals surface area contributed by atoms with Crippen molar-refractivity contribution in [3.63, 3.8) is 0 Å². The summed E-state index contributed by atoms with van der Waals surface area (Å²) in [4.78, 5) is 14.3. The van der Waals surface area contributed by atoms with Crippen molar-refractivity contribution in [3.8, 4) is 0 Å². The van der Waals surface area contributed by atoms with E-state index in [0.717, 1.165) is 31.6 Å². The van der Waals surface area contributed by atoms with Gasteiger partial charge >= 0.3 is 68.5 Å². The van der Waals surface area contributed by atoms with Gasteiger partial charge in [-0.3, -0.25) is 4.57 Å². The molecule has 0 aromatic rings. The molecule has 0 amide bonds. The first kappa shape index (κ1) is 14.0. The first-order valence-corrected chi connectivity index (χ1v) is 5.95. The third kappa shape index (κ3) is 22.7. The summed E-state index contributed by atoms with van der Waals surface area (Å²) in [7, 11) is -3.13. The van der Waals surface area contributed by atoms with Crippen molar-refractivity contribution < 1.29 is 19.5 Å². The predicted molar refractivity (Wildman–Crippen MR) is 40.7 cm³/mol. The summed E-state index contributed by atoms with van der Waals surface area (Å²) in [5.74, 6) is 0.392. The van der Waals surface area contributed by atoms with Crippen LogP contribution < -0.4 is 0 Å². The van der Waals surface area contributed by atoms with Gasteiger partial charge in [0.05, 0.1) is 0 Å². The van der Waals surface area contributed by atoms with E-state index in [-0.39, 0.29) is 6.10 Å². The Bertz CT molecular complexity index is 84.6. The fraction of sp³-hybridized carbons (Fsp3) is 1.00. The Morgan fingerprint density at radius 3 is 1.90 bits per heavy atom. The van der Waals surface area contributed by atoms with E-state index < -0.39 is 8.25 Å². The molecule has 0 heterocycles. The summed E-state index contributed by atoms with van der Waals surface area (Å²) in [5.41, 5.74) is 0.